The Morgan fingerprint density at radius 3 is 2.19 bits per heavy atom. The summed E-state index contributed by atoms with van der Waals surface area (Å²) in [6, 6.07) is 0. The topological polar surface area (TPSA) is 49.7 Å². The first-order chi connectivity index (χ1) is 7.77. The van der Waals surface area contributed by atoms with Crippen LogP contribution in [0.4, 0.5) is 0 Å². The third-order valence-corrected chi connectivity index (χ3v) is 4.78. The molecule has 0 aromatic heterocycles. The molecule has 3 rings (SSSR count). The van der Waals surface area contributed by atoms with Crippen molar-refractivity contribution in [2.24, 2.45) is 11.8 Å². The van der Waals surface area contributed by atoms with Gasteiger partial charge in [0, 0.05) is 11.8 Å². The van der Waals surface area contributed by atoms with E-state index < -0.39 is 0 Å². The molecular weight excluding hydrogens is 204 g/mol. The molecule has 1 saturated heterocycles. The van der Waals surface area contributed by atoms with E-state index in [1.807, 2.05) is 0 Å². The zero-order chi connectivity index (χ0) is 11.1. The standard InChI is InChI=1S/C13H22O3/c14-10-6-2-1-4-8(10)12-9-5-3-7-11(15)13(9)16-12/h8-15H,1-7H2. The lowest BCUT2D eigenvalue weighted by Gasteiger charge is -2.54. The molecule has 6 atom stereocenters. The largest absolute Gasteiger partial charge is 0.393 e. The molecule has 3 fully saturated rings. The van der Waals surface area contributed by atoms with E-state index >= 15 is 0 Å². The molecule has 2 saturated carbocycles. The minimum Gasteiger partial charge on any atom is -0.393 e. The number of hydrogen-bond donors (Lipinski definition) is 2. The molecule has 6 unspecified atom stereocenters. The molecule has 1 heterocycles. The highest BCUT2D eigenvalue weighted by Crippen LogP contribution is 2.46. The highest BCUT2D eigenvalue weighted by Gasteiger charge is 2.52. The third kappa shape index (κ3) is 1.69. The van der Waals surface area contributed by atoms with E-state index in [1.165, 1.54) is 12.8 Å². The minimum atomic E-state index is -0.254. The van der Waals surface area contributed by atoms with Crippen molar-refractivity contribution < 1.29 is 14.9 Å². The van der Waals surface area contributed by atoms with Crippen LogP contribution in [0, 0.1) is 11.8 Å². The van der Waals surface area contributed by atoms with Gasteiger partial charge in [-0.05, 0) is 25.7 Å². The van der Waals surface area contributed by atoms with Crippen molar-refractivity contribution >= 4 is 0 Å². The van der Waals surface area contributed by atoms with Gasteiger partial charge in [-0.1, -0.05) is 19.3 Å². The van der Waals surface area contributed by atoms with E-state index in [2.05, 4.69) is 0 Å². The first-order valence-corrected chi connectivity index (χ1v) is 6.79. The van der Waals surface area contributed by atoms with Gasteiger partial charge < -0.3 is 14.9 Å². The van der Waals surface area contributed by atoms with Crippen molar-refractivity contribution in [3.8, 4) is 0 Å². The van der Waals surface area contributed by atoms with Gasteiger partial charge in [0.2, 0.25) is 0 Å². The Morgan fingerprint density at radius 1 is 0.688 bits per heavy atom. The molecule has 0 spiro atoms. The zero-order valence-corrected chi connectivity index (χ0v) is 9.72. The highest BCUT2D eigenvalue weighted by molar-refractivity contribution is 5.00. The van der Waals surface area contributed by atoms with Gasteiger partial charge in [0.25, 0.3) is 0 Å². The summed E-state index contributed by atoms with van der Waals surface area (Å²) in [5, 5.41) is 19.8. The molecule has 16 heavy (non-hydrogen) atoms. The van der Waals surface area contributed by atoms with Gasteiger partial charge in [-0.15, -0.1) is 0 Å². The number of rotatable bonds is 1. The summed E-state index contributed by atoms with van der Waals surface area (Å²) in [6.45, 7) is 0. The van der Waals surface area contributed by atoms with Gasteiger partial charge in [0.15, 0.2) is 0 Å². The van der Waals surface area contributed by atoms with E-state index in [9.17, 15) is 10.2 Å². The van der Waals surface area contributed by atoms with E-state index in [1.54, 1.807) is 0 Å². The lowest BCUT2D eigenvalue weighted by molar-refractivity contribution is -0.267. The lowest BCUT2D eigenvalue weighted by Crippen LogP contribution is -2.61. The Bertz CT molecular complexity index is 256. The van der Waals surface area contributed by atoms with Gasteiger partial charge in [0.05, 0.1) is 24.4 Å². The maximum Gasteiger partial charge on any atom is 0.0890 e. The Hall–Kier alpha value is -0.120. The van der Waals surface area contributed by atoms with Crippen LogP contribution < -0.4 is 0 Å². The fraction of sp³-hybridized carbons (Fsp3) is 1.00. The van der Waals surface area contributed by atoms with Crippen LogP contribution >= 0.6 is 0 Å². The molecule has 2 N–H and O–H groups in total. The average molecular weight is 226 g/mol. The smallest absolute Gasteiger partial charge is 0.0890 e. The summed E-state index contributed by atoms with van der Waals surface area (Å²) in [7, 11) is 0. The van der Waals surface area contributed by atoms with E-state index in [0.717, 1.165) is 32.1 Å². The molecule has 3 heteroatoms. The zero-order valence-electron chi connectivity index (χ0n) is 9.72. The van der Waals surface area contributed by atoms with Gasteiger partial charge in [0.1, 0.15) is 0 Å². The van der Waals surface area contributed by atoms with Crippen molar-refractivity contribution in [1.29, 1.82) is 0 Å². The predicted molar refractivity (Wildman–Crippen MR) is 60.0 cm³/mol. The fourth-order valence-electron chi connectivity index (χ4n) is 3.85. The van der Waals surface area contributed by atoms with Crippen LogP contribution in [0.2, 0.25) is 0 Å². The summed E-state index contributed by atoms with van der Waals surface area (Å²) in [6.07, 6.45) is 7.48. The van der Waals surface area contributed by atoms with Crippen LogP contribution in [0.15, 0.2) is 0 Å². The number of ether oxygens (including phenoxy) is 1. The first-order valence-electron chi connectivity index (χ1n) is 6.79. The van der Waals surface area contributed by atoms with Crippen molar-refractivity contribution in [3.05, 3.63) is 0 Å². The second-order valence-corrected chi connectivity index (χ2v) is 5.74. The summed E-state index contributed by atoms with van der Waals surface area (Å²) in [4.78, 5) is 0. The SMILES string of the molecule is OC1CCCCC1C1OC2C(O)CCCC21. The van der Waals surface area contributed by atoms with Crippen molar-refractivity contribution in [2.45, 2.75) is 69.4 Å². The Kier molecular flexibility index (Phi) is 2.94. The number of fused-ring (bicyclic) bond motifs is 1. The molecule has 0 bridgehead atoms. The molecule has 92 valence electrons. The van der Waals surface area contributed by atoms with Gasteiger partial charge in [-0.2, -0.15) is 0 Å². The van der Waals surface area contributed by atoms with Crippen LogP contribution in [0.1, 0.15) is 44.9 Å². The van der Waals surface area contributed by atoms with Crippen LogP contribution in [0.5, 0.6) is 0 Å². The van der Waals surface area contributed by atoms with E-state index in [-0.39, 0.29) is 24.4 Å². The lowest BCUT2D eigenvalue weighted by atomic mass is 9.68. The van der Waals surface area contributed by atoms with Crippen LogP contribution in [-0.2, 0) is 4.74 Å². The summed E-state index contributed by atoms with van der Waals surface area (Å²) >= 11 is 0. The molecule has 3 nitrogen and oxygen atoms in total. The Labute approximate surface area is 96.8 Å². The van der Waals surface area contributed by atoms with Crippen LogP contribution in [0.3, 0.4) is 0 Å². The maximum absolute atomic E-state index is 10.0. The quantitative estimate of drug-likeness (QED) is 0.712. The molecule has 0 aromatic carbocycles. The Balaban J connectivity index is 1.64. The van der Waals surface area contributed by atoms with Crippen LogP contribution in [0.25, 0.3) is 0 Å². The Morgan fingerprint density at radius 2 is 1.38 bits per heavy atom. The van der Waals surface area contributed by atoms with Crippen molar-refractivity contribution in [1.82, 2.24) is 0 Å². The van der Waals surface area contributed by atoms with Gasteiger partial charge in [-0.25, -0.2) is 0 Å². The predicted octanol–water partition coefficient (Wildman–Crippen LogP) is 1.47. The average Bonchev–Trinajstić information content (AvgIpc) is 2.24. The van der Waals surface area contributed by atoms with Gasteiger partial charge >= 0.3 is 0 Å². The second kappa shape index (κ2) is 4.28. The number of hydrogen-bond acceptors (Lipinski definition) is 3. The fourth-order valence-corrected chi connectivity index (χ4v) is 3.85. The molecule has 2 aliphatic carbocycles. The molecule has 1 aliphatic heterocycles. The number of aliphatic hydroxyl groups excluding tert-OH is 2. The van der Waals surface area contributed by atoms with Crippen molar-refractivity contribution in [2.75, 3.05) is 0 Å². The van der Waals surface area contributed by atoms with Crippen LogP contribution in [-0.4, -0.2) is 34.6 Å². The minimum absolute atomic E-state index is 0.0767. The van der Waals surface area contributed by atoms with E-state index in [4.69, 9.17) is 4.74 Å². The van der Waals surface area contributed by atoms with E-state index in [0.29, 0.717) is 11.8 Å². The second-order valence-electron chi connectivity index (χ2n) is 5.74. The monoisotopic (exact) mass is 226 g/mol. The first kappa shape index (κ1) is 11.0. The molecule has 0 aromatic rings. The highest BCUT2D eigenvalue weighted by atomic mass is 16.5. The molecule has 0 amide bonds. The third-order valence-electron chi connectivity index (χ3n) is 4.78. The summed E-state index contributed by atoms with van der Waals surface area (Å²) in [5.74, 6) is 0.849. The van der Waals surface area contributed by atoms with Gasteiger partial charge in [-0.3, -0.25) is 0 Å². The summed E-state index contributed by atoms with van der Waals surface area (Å²) < 4.78 is 5.86. The maximum atomic E-state index is 10.0. The number of aliphatic hydroxyl groups is 2. The summed E-state index contributed by atoms with van der Waals surface area (Å²) in [5.41, 5.74) is 0. The molecular formula is C13H22O3. The molecule has 0 radical (unpaired) electrons. The molecule has 3 aliphatic rings. The van der Waals surface area contributed by atoms with Crippen molar-refractivity contribution in [3.63, 3.8) is 0 Å². The normalized spacial score (nSPS) is 52.9.